The molecular formula is C14H22O5. The van der Waals surface area contributed by atoms with Crippen LogP contribution >= 0.6 is 0 Å². The van der Waals surface area contributed by atoms with Crippen LogP contribution in [0.2, 0.25) is 0 Å². The van der Waals surface area contributed by atoms with Crippen LogP contribution in [0.1, 0.15) is 46.0 Å². The molecule has 0 spiro atoms. The molecule has 0 aliphatic heterocycles. The Hall–Kier alpha value is -1.65. The van der Waals surface area contributed by atoms with Gasteiger partial charge in [0.2, 0.25) is 0 Å². The fraction of sp³-hybridized carbons (Fsp3) is 0.643. The van der Waals surface area contributed by atoms with Crippen LogP contribution in [0.4, 0.5) is 0 Å². The first-order valence-corrected chi connectivity index (χ1v) is 6.47. The summed E-state index contributed by atoms with van der Waals surface area (Å²) < 4.78 is 9.59. The number of ether oxygens (including phenoxy) is 2. The van der Waals surface area contributed by atoms with Crippen molar-refractivity contribution in [1.82, 2.24) is 0 Å². The Morgan fingerprint density at radius 1 is 0.947 bits per heavy atom. The molecule has 0 saturated heterocycles. The van der Waals surface area contributed by atoms with E-state index in [0.29, 0.717) is 26.1 Å². The molecule has 0 bridgehead atoms. The molecule has 5 nitrogen and oxygen atoms in total. The van der Waals surface area contributed by atoms with E-state index in [-0.39, 0.29) is 11.9 Å². The summed E-state index contributed by atoms with van der Waals surface area (Å²) in [5, 5.41) is 0. The lowest BCUT2D eigenvalue weighted by Crippen LogP contribution is -2.01. The van der Waals surface area contributed by atoms with Crippen LogP contribution in [-0.4, -0.2) is 31.4 Å². The first kappa shape index (κ1) is 17.4. The van der Waals surface area contributed by atoms with Crippen LogP contribution in [0.3, 0.4) is 0 Å². The Bertz CT molecular complexity index is 320. The van der Waals surface area contributed by atoms with Crippen LogP contribution in [0.15, 0.2) is 11.6 Å². The molecule has 0 aliphatic rings. The summed E-state index contributed by atoms with van der Waals surface area (Å²) in [6, 6.07) is 0. The van der Waals surface area contributed by atoms with Gasteiger partial charge in [-0.3, -0.25) is 14.4 Å². The molecule has 0 N–H and O–H groups in total. The van der Waals surface area contributed by atoms with E-state index in [1.165, 1.54) is 13.8 Å². The monoisotopic (exact) mass is 270 g/mol. The Balaban J connectivity index is 3.65. The van der Waals surface area contributed by atoms with Crippen molar-refractivity contribution < 1.29 is 23.9 Å². The predicted molar refractivity (Wildman–Crippen MR) is 70.5 cm³/mol. The van der Waals surface area contributed by atoms with Crippen LogP contribution in [-0.2, 0) is 23.9 Å². The molecule has 108 valence electrons. The SMILES string of the molecule is CC(=O)OCCCC/C=C(\C=O)CCCOC(C)=O. The number of allylic oxidation sites excluding steroid dienone is 2. The van der Waals surface area contributed by atoms with Crippen molar-refractivity contribution in [3.8, 4) is 0 Å². The Kier molecular flexibility index (Phi) is 10.4. The smallest absolute Gasteiger partial charge is 0.302 e. The lowest BCUT2D eigenvalue weighted by atomic mass is 10.1. The van der Waals surface area contributed by atoms with E-state index in [1.54, 1.807) is 0 Å². The highest BCUT2D eigenvalue weighted by Crippen LogP contribution is 2.06. The molecule has 19 heavy (non-hydrogen) atoms. The standard InChI is InChI=1S/C14H22O5/c1-12(16)18-9-5-3-4-7-14(11-15)8-6-10-19-13(2)17/h7,11H,3-6,8-10H2,1-2H3/b14-7-. The summed E-state index contributed by atoms with van der Waals surface area (Å²) in [4.78, 5) is 31.8. The third-order valence-corrected chi connectivity index (χ3v) is 2.38. The van der Waals surface area contributed by atoms with Gasteiger partial charge in [0.25, 0.3) is 0 Å². The molecule has 0 aliphatic carbocycles. The quantitative estimate of drug-likeness (QED) is 0.263. The average molecular weight is 270 g/mol. The Morgan fingerprint density at radius 2 is 1.53 bits per heavy atom. The van der Waals surface area contributed by atoms with Crippen molar-refractivity contribution in [1.29, 1.82) is 0 Å². The van der Waals surface area contributed by atoms with Gasteiger partial charge < -0.3 is 9.47 Å². The van der Waals surface area contributed by atoms with Gasteiger partial charge in [0.15, 0.2) is 0 Å². The zero-order chi connectivity index (χ0) is 14.5. The number of unbranched alkanes of at least 4 members (excludes halogenated alkanes) is 2. The Labute approximate surface area is 114 Å². The minimum atomic E-state index is -0.304. The normalized spacial score (nSPS) is 10.9. The van der Waals surface area contributed by atoms with Crippen molar-refractivity contribution in [2.45, 2.75) is 46.0 Å². The molecule has 0 amide bonds. The highest BCUT2D eigenvalue weighted by molar-refractivity contribution is 5.73. The van der Waals surface area contributed by atoms with Crippen LogP contribution < -0.4 is 0 Å². The number of aldehydes is 1. The van der Waals surface area contributed by atoms with E-state index in [0.717, 1.165) is 31.1 Å². The molecule has 0 radical (unpaired) electrons. The maximum Gasteiger partial charge on any atom is 0.302 e. The maximum atomic E-state index is 10.8. The minimum absolute atomic E-state index is 0.269. The van der Waals surface area contributed by atoms with E-state index in [2.05, 4.69) is 0 Å². The number of carbonyl (C=O) groups excluding carboxylic acids is 3. The molecule has 0 saturated carbocycles. The van der Waals surface area contributed by atoms with E-state index < -0.39 is 0 Å². The number of hydrogen-bond donors (Lipinski definition) is 0. The number of rotatable bonds is 10. The predicted octanol–water partition coefficient (Wildman–Crippen LogP) is 2.19. The van der Waals surface area contributed by atoms with Gasteiger partial charge in [-0.15, -0.1) is 0 Å². The maximum absolute atomic E-state index is 10.8. The molecule has 0 aromatic carbocycles. The number of esters is 2. The van der Waals surface area contributed by atoms with Gasteiger partial charge in [-0.05, 0) is 37.7 Å². The summed E-state index contributed by atoms with van der Waals surface area (Å²) >= 11 is 0. The first-order valence-electron chi connectivity index (χ1n) is 6.47. The minimum Gasteiger partial charge on any atom is -0.466 e. The van der Waals surface area contributed by atoms with Gasteiger partial charge in [0, 0.05) is 13.8 Å². The second-order valence-electron chi connectivity index (χ2n) is 4.18. The van der Waals surface area contributed by atoms with Crippen molar-refractivity contribution in [2.75, 3.05) is 13.2 Å². The largest absolute Gasteiger partial charge is 0.466 e. The summed E-state index contributed by atoms with van der Waals surface area (Å²) in [5.74, 6) is -0.573. The van der Waals surface area contributed by atoms with Crippen molar-refractivity contribution in [3.63, 3.8) is 0 Å². The lowest BCUT2D eigenvalue weighted by molar-refractivity contribution is -0.142. The fourth-order valence-corrected chi connectivity index (χ4v) is 1.45. The van der Waals surface area contributed by atoms with Gasteiger partial charge in [-0.25, -0.2) is 0 Å². The average Bonchev–Trinajstić information content (AvgIpc) is 2.35. The molecule has 0 atom stereocenters. The van der Waals surface area contributed by atoms with E-state index in [1.807, 2.05) is 6.08 Å². The second kappa shape index (κ2) is 11.4. The zero-order valence-corrected chi connectivity index (χ0v) is 11.6. The second-order valence-corrected chi connectivity index (χ2v) is 4.18. The topological polar surface area (TPSA) is 69.7 Å². The van der Waals surface area contributed by atoms with Gasteiger partial charge in [-0.1, -0.05) is 6.08 Å². The highest BCUT2D eigenvalue weighted by atomic mass is 16.5. The third-order valence-electron chi connectivity index (χ3n) is 2.38. The van der Waals surface area contributed by atoms with Crippen LogP contribution in [0, 0.1) is 0 Å². The third kappa shape index (κ3) is 12.6. The van der Waals surface area contributed by atoms with E-state index in [9.17, 15) is 14.4 Å². The molecule has 0 rings (SSSR count). The van der Waals surface area contributed by atoms with Crippen LogP contribution in [0.5, 0.6) is 0 Å². The summed E-state index contributed by atoms with van der Waals surface area (Å²) in [6.07, 6.45) is 6.42. The van der Waals surface area contributed by atoms with E-state index >= 15 is 0 Å². The van der Waals surface area contributed by atoms with Crippen molar-refractivity contribution in [2.24, 2.45) is 0 Å². The van der Waals surface area contributed by atoms with E-state index in [4.69, 9.17) is 9.47 Å². The molecule has 5 heteroatoms. The van der Waals surface area contributed by atoms with Gasteiger partial charge in [-0.2, -0.15) is 0 Å². The van der Waals surface area contributed by atoms with Gasteiger partial charge in [0.1, 0.15) is 6.29 Å². The van der Waals surface area contributed by atoms with Crippen molar-refractivity contribution >= 4 is 18.2 Å². The highest BCUT2D eigenvalue weighted by Gasteiger charge is 1.98. The molecule has 0 aromatic rings. The number of hydrogen-bond acceptors (Lipinski definition) is 5. The first-order chi connectivity index (χ1) is 9.06. The van der Waals surface area contributed by atoms with Crippen LogP contribution in [0.25, 0.3) is 0 Å². The molecule has 0 aromatic heterocycles. The van der Waals surface area contributed by atoms with Gasteiger partial charge in [0.05, 0.1) is 13.2 Å². The summed E-state index contributed by atoms with van der Waals surface area (Å²) in [7, 11) is 0. The zero-order valence-electron chi connectivity index (χ0n) is 11.6. The molecule has 0 unspecified atom stereocenters. The summed E-state index contributed by atoms with van der Waals surface area (Å²) in [6.45, 7) is 3.51. The molecule has 0 fully saturated rings. The lowest BCUT2D eigenvalue weighted by Gasteiger charge is -2.02. The molecule has 0 heterocycles. The molecular weight excluding hydrogens is 248 g/mol. The fourth-order valence-electron chi connectivity index (χ4n) is 1.45. The van der Waals surface area contributed by atoms with Crippen molar-refractivity contribution in [3.05, 3.63) is 11.6 Å². The Morgan fingerprint density at radius 3 is 2.05 bits per heavy atom. The number of carbonyl (C=O) groups is 3. The summed E-state index contributed by atoms with van der Waals surface area (Å²) in [5.41, 5.74) is 0.722. The van der Waals surface area contributed by atoms with Gasteiger partial charge >= 0.3 is 11.9 Å².